The van der Waals surface area contributed by atoms with Crippen molar-refractivity contribution in [2.75, 3.05) is 24.4 Å². The summed E-state index contributed by atoms with van der Waals surface area (Å²) in [6.07, 6.45) is 3.98. The third kappa shape index (κ3) is 8.16. The second-order valence-corrected chi connectivity index (χ2v) is 9.19. The van der Waals surface area contributed by atoms with E-state index >= 15 is 0 Å². The Bertz CT molecular complexity index is 1030. The van der Waals surface area contributed by atoms with Gasteiger partial charge in [0.15, 0.2) is 0 Å². The monoisotopic (exact) mass is 525 g/mol. The molecule has 1 heterocycles. The van der Waals surface area contributed by atoms with E-state index in [2.05, 4.69) is 33.6 Å². The number of carboxylic acid groups (broad SMARTS) is 1. The largest absolute Gasteiger partial charge is 0.480 e. The van der Waals surface area contributed by atoms with Crippen molar-refractivity contribution in [1.82, 2.24) is 20.9 Å². The SMILES string of the molecule is CSCCC(NC(=O)C(CO)NC(=O)C(CS)NC(=O)C(N)Cc1c[nH]c2ccccc12)C(=O)O. The fraction of sp³-hybridized carbons (Fsp3) is 0.455. The van der Waals surface area contributed by atoms with Gasteiger partial charge in [0.25, 0.3) is 0 Å². The number of aliphatic hydroxyl groups excluding tert-OH is 1. The number of fused-ring (bicyclic) bond motifs is 1. The van der Waals surface area contributed by atoms with Gasteiger partial charge in [-0.2, -0.15) is 24.4 Å². The fourth-order valence-electron chi connectivity index (χ4n) is 3.33. The number of hydrogen-bond acceptors (Lipinski definition) is 8. The number of carbonyl (C=O) groups is 4. The minimum absolute atomic E-state index is 0.0946. The van der Waals surface area contributed by atoms with E-state index in [-0.39, 0.29) is 18.6 Å². The van der Waals surface area contributed by atoms with Gasteiger partial charge in [0.1, 0.15) is 18.1 Å². The van der Waals surface area contributed by atoms with Crippen molar-refractivity contribution in [2.45, 2.75) is 37.0 Å². The number of aliphatic hydroxyl groups is 1. The Morgan fingerprint density at radius 2 is 1.69 bits per heavy atom. The molecule has 8 N–H and O–H groups in total. The van der Waals surface area contributed by atoms with Crippen LogP contribution in [-0.2, 0) is 25.6 Å². The molecule has 0 spiro atoms. The molecule has 0 aliphatic rings. The Morgan fingerprint density at radius 1 is 1.06 bits per heavy atom. The van der Waals surface area contributed by atoms with E-state index in [1.807, 2.05) is 24.3 Å². The van der Waals surface area contributed by atoms with Crippen LogP contribution in [-0.4, -0.2) is 87.4 Å². The Morgan fingerprint density at radius 3 is 2.31 bits per heavy atom. The standard InChI is InChI=1S/C22H31N5O6S2/c1-35-7-6-16(22(32)33)25-20(30)17(10-28)26-21(31)18(11-34)27-19(29)14(23)8-12-9-24-15-5-3-2-4-13(12)15/h2-5,9,14,16-18,24,28,34H,6-8,10-11,23H2,1H3,(H,25,30)(H,26,31)(H,27,29)(H,32,33). The van der Waals surface area contributed by atoms with Gasteiger partial charge < -0.3 is 36.9 Å². The lowest BCUT2D eigenvalue weighted by molar-refractivity contribution is -0.142. The summed E-state index contributed by atoms with van der Waals surface area (Å²) in [6.45, 7) is -0.764. The molecule has 0 fully saturated rings. The molecule has 2 aromatic rings. The van der Waals surface area contributed by atoms with E-state index in [0.29, 0.717) is 5.75 Å². The molecule has 35 heavy (non-hydrogen) atoms. The molecule has 4 unspecified atom stereocenters. The van der Waals surface area contributed by atoms with Crippen molar-refractivity contribution >= 4 is 59.0 Å². The number of carboxylic acids is 1. The zero-order valence-corrected chi connectivity index (χ0v) is 20.9. The number of H-pyrrole nitrogens is 1. The number of thiol groups is 1. The van der Waals surface area contributed by atoms with Crippen LogP contribution >= 0.6 is 24.4 Å². The van der Waals surface area contributed by atoms with Gasteiger partial charge in [0.05, 0.1) is 12.6 Å². The maximum absolute atomic E-state index is 12.7. The van der Waals surface area contributed by atoms with Crippen LogP contribution in [0.25, 0.3) is 10.9 Å². The molecule has 192 valence electrons. The van der Waals surface area contributed by atoms with Crippen LogP contribution in [0.15, 0.2) is 30.5 Å². The maximum atomic E-state index is 12.7. The first kappa shape index (κ1) is 28.5. The van der Waals surface area contributed by atoms with Crippen LogP contribution in [0.5, 0.6) is 0 Å². The molecule has 11 nitrogen and oxygen atoms in total. The summed E-state index contributed by atoms with van der Waals surface area (Å²) in [4.78, 5) is 52.2. The van der Waals surface area contributed by atoms with E-state index in [1.54, 1.807) is 12.5 Å². The van der Waals surface area contributed by atoms with Crippen molar-refractivity contribution in [1.29, 1.82) is 0 Å². The summed E-state index contributed by atoms with van der Waals surface area (Å²) in [5.41, 5.74) is 7.82. The Labute approximate surface area is 212 Å². The van der Waals surface area contributed by atoms with Crippen LogP contribution in [0.2, 0.25) is 0 Å². The van der Waals surface area contributed by atoms with Gasteiger partial charge in [-0.1, -0.05) is 18.2 Å². The first-order chi connectivity index (χ1) is 16.7. The van der Waals surface area contributed by atoms with E-state index in [1.165, 1.54) is 11.8 Å². The Kier molecular flexibility index (Phi) is 11.4. The van der Waals surface area contributed by atoms with Gasteiger partial charge in [-0.3, -0.25) is 14.4 Å². The number of amides is 3. The number of nitrogens with two attached hydrogens (primary N) is 1. The summed E-state index contributed by atoms with van der Waals surface area (Å²) >= 11 is 5.52. The van der Waals surface area contributed by atoms with Crippen LogP contribution in [0, 0.1) is 0 Å². The second-order valence-electron chi connectivity index (χ2n) is 7.84. The molecule has 1 aromatic carbocycles. The van der Waals surface area contributed by atoms with Gasteiger partial charge in [-0.15, -0.1) is 0 Å². The summed E-state index contributed by atoms with van der Waals surface area (Å²) in [7, 11) is 0. The highest BCUT2D eigenvalue weighted by atomic mass is 32.2. The number of nitrogens with one attached hydrogen (secondary N) is 4. The van der Waals surface area contributed by atoms with E-state index in [4.69, 9.17) is 5.73 Å². The molecule has 2 rings (SSSR count). The summed E-state index contributed by atoms with van der Waals surface area (Å²) in [5.74, 6) is -3.02. The highest BCUT2D eigenvalue weighted by Crippen LogP contribution is 2.18. The number of aromatic nitrogens is 1. The number of aliphatic carboxylic acids is 1. The average Bonchev–Trinajstić information content (AvgIpc) is 3.25. The van der Waals surface area contributed by atoms with E-state index in [0.717, 1.165) is 16.5 Å². The van der Waals surface area contributed by atoms with Crippen LogP contribution in [0.3, 0.4) is 0 Å². The lowest BCUT2D eigenvalue weighted by atomic mass is 10.0. The number of carbonyl (C=O) groups excluding carboxylic acids is 3. The molecule has 0 aliphatic heterocycles. The maximum Gasteiger partial charge on any atom is 0.326 e. The second kappa shape index (κ2) is 14.0. The summed E-state index contributed by atoms with van der Waals surface area (Å²) in [5, 5.41) is 26.9. The molecule has 0 radical (unpaired) electrons. The topological polar surface area (TPSA) is 187 Å². The summed E-state index contributed by atoms with van der Waals surface area (Å²) < 4.78 is 0. The highest BCUT2D eigenvalue weighted by molar-refractivity contribution is 7.98. The lowest BCUT2D eigenvalue weighted by Gasteiger charge is -2.23. The van der Waals surface area contributed by atoms with Crippen LogP contribution in [0.1, 0.15) is 12.0 Å². The number of aromatic amines is 1. The number of para-hydroxylation sites is 1. The van der Waals surface area contributed by atoms with Crippen molar-refractivity contribution in [3.8, 4) is 0 Å². The van der Waals surface area contributed by atoms with Gasteiger partial charge in [-0.25, -0.2) is 4.79 Å². The third-order valence-corrected chi connectivity index (χ3v) is 6.32. The van der Waals surface area contributed by atoms with Crippen LogP contribution in [0.4, 0.5) is 0 Å². The average molecular weight is 526 g/mol. The smallest absolute Gasteiger partial charge is 0.326 e. The molecule has 4 atom stereocenters. The van der Waals surface area contributed by atoms with Crippen LogP contribution < -0.4 is 21.7 Å². The van der Waals surface area contributed by atoms with E-state index in [9.17, 15) is 29.4 Å². The zero-order valence-electron chi connectivity index (χ0n) is 19.2. The highest BCUT2D eigenvalue weighted by Gasteiger charge is 2.29. The molecule has 0 bridgehead atoms. The normalized spacial score (nSPS) is 14.5. The molecule has 0 saturated carbocycles. The third-order valence-electron chi connectivity index (χ3n) is 5.31. The van der Waals surface area contributed by atoms with Crippen molar-refractivity contribution in [3.05, 3.63) is 36.0 Å². The van der Waals surface area contributed by atoms with Gasteiger partial charge in [0.2, 0.25) is 17.7 Å². The Balaban J connectivity index is 1.96. The van der Waals surface area contributed by atoms with E-state index < -0.39 is 54.5 Å². The molecule has 0 saturated heterocycles. The predicted molar refractivity (Wildman–Crippen MR) is 137 cm³/mol. The van der Waals surface area contributed by atoms with Gasteiger partial charge >= 0.3 is 5.97 Å². The number of benzene rings is 1. The molecular formula is C22H31N5O6S2. The molecule has 13 heteroatoms. The number of hydrogen-bond donors (Lipinski definition) is 8. The van der Waals surface area contributed by atoms with Crippen molar-refractivity contribution in [3.63, 3.8) is 0 Å². The lowest BCUT2D eigenvalue weighted by Crippen LogP contribution is -2.58. The van der Waals surface area contributed by atoms with Gasteiger partial charge in [0, 0.05) is 22.9 Å². The predicted octanol–water partition coefficient (Wildman–Crippen LogP) is -0.748. The fourth-order valence-corrected chi connectivity index (χ4v) is 4.06. The Hall–Kier alpha value is -2.74. The minimum atomic E-state index is -1.40. The first-order valence-corrected chi connectivity index (χ1v) is 12.9. The summed E-state index contributed by atoms with van der Waals surface area (Å²) in [6, 6.07) is 2.93. The van der Waals surface area contributed by atoms with Crippen molar-refractivity contribution in [2.24, 2.45) is 5.73 Å². The molecule has 1 aromatic heterocycles. The number of rotatable bonds is 14. The minimum Gasteiger partial charge on any atom is -0.480 e. The van der Waals surface area contributed by atoms with Crippen molar-refractivity contribution < 1.29 is 29.4 Å². The quantitative estimate of drug-likeness (QED) is 0.148. The zero-order chi connectivity index (χ0) is 26.0. The molecular weight excluding hydrogens is 494 g/mol. The molecule has 0 aliphatic carbocycles. The van der Waals surface area contributed by atoms with Gasteiger partial charge in [-0.05, 0) is 36.5 Å². The molecule has 3 amide bonds. The number of thioether (sulfide) groups is 1. The first-order valence-electron chi connectivity index (χ1n) is 10.9.